The van der Waals surface area contributed by atoms with Gasteiger partial charge in [0.25, 0.3) is 0 Å². The Kier molecular flexibility index (Phi) is 4.19. The molecule has 0 spiro atoms. The van der Waals surface area contributed by atoms with Crippen LogP contribution < -0.4 is 11.3 Å². The third kappa shape index (κ3) is 2.82. The van der Waals surface area contributed by atoms with Crippen LogP contribution in [0.3, 0.4) is 0 Å². The van der Waals surface area contributed by atoms with Gasteiger partial charge in [-0.1, -0.05) is 35.3 Å². The highest BCUT2D eigenvalue weighted by Crippen LogP contribution is 2.27. The number of halogens is 3. The van der Waals surface area contributed by atoms with E-state index in [0.29, 0.717) is 15.6 Å². The van der Waals surface area contributed by atoms with Crippen molar-refractivity contribution < 1.29 is 4.39 Å². The van der Waals surface area contributed by atoms with E-state index in [4.69, 9.17) is 29.0 Å². The molecule has 0 bridgehead atoms. The summed E-state index contributed by atoms with van der Waals surface area (Å²) in [6.45, 7) is 0. The summed E-state index contributed by atoms with van der Waals surface area (Å²) in [7, 11) is 0. The molecule has 2 nitrogen and oxygen atoms in total. The summed E-state index contributed by atoms with van der Waals surface area (Å²) in [5.41, 5.74) is 3.78. The van der Waals surface area contributed by atoms with Gasteiger partial charge < -0.3 is 0 Å². The highest BCUT2D eigenvalue weighted by Gasteiger charge is 2.16. The summed E-state index contributed by atoms with van der Waals surface area (Å²) < 4.78 is 13.8. The molecule has 0 heterocycles. The van der Waals surface area contributed by atoms with Gasteiger partial charge in [-0.2, -0.15) is 0 Å². The molecule has 0 radical (unpaired) electrons. The van der Waals surface area contributed by atoms with Crippen LogP contribution in [0, 0.1) is 5.82 Å². The Labute approximate surface area is 114 Å². The third-order valence-corrected chi connectivity index (χ3v) is 3.13. The van der Waals surface area contributed by atoms with E-state index in [1.165, 1.54) is 12.1 Å². The summed E-state index contributed by atoms with van der Waals surface area (Å²) in [6, 6.07) is 10.9. The van der Waals surface area contributed by atoms with Gasteiger partial charge in [-0.3, -0.25) is 5.84 Å². The van der Waals surface area contributed by atoms with Crippen molar-refractivity contribution in [2.75, 3.05) is 0 Å². The first-order chi connectivity index (χ1) is 8.61. The molecule has 0 aliphatic carbocycles. The van der Waals surface area contributed by atoms with Gasteiger partial charge in [-0.05, 0) is 35.9 Å². The fraction of sp³-hybridized carbons (Fsp3) is 0.0769. The summed E-state index contributed by atoms with van der Waals surface area (Å²) >= 11 is 11.7. The Hall–Kier alpha value is -1.13. The van der Waals surface area contributed by atoms with E-state index in [1.54, 1.807) is 30.3 Å². The molecule has 2 aromatic carbocycles. The molecule has 0 saturated carbocycles. The largest absolute Gasteiger partial charge is 0.271 e. The smallest absolute Gasteiger partial charge is 0.128 e. The van der Waals surface area contributed by atoms with E-state index in [-0.39, 0.29) is 5.82 Å². The highest BCUT2D eigenvalue weighted by atomic mass is 35.5. The minimum atomic E-state index is -0.471. The predicted molar refractivity (Wildman–Crippen MR) is 72.0 cm³/mol. The van der Waals surface area contributed by atoms with Crippen molar-refractivity contribution >= 4 is 23.2 Å². The first-order valence-electron chi connectivity index (χ1n) is 5.28. The number of hydrogen-bond acceptors (Lipinski definition) is 2. The van der Waals surface area contributed by atoms with Crippen LogP contribution in [0.5, 0.6) is 0 Å². The molecular weight excluding hydrogens is 274 g/mol. The summed E-state index contributed by atoms with van der Waals surface area (Å²) in [5.74, 6) is 5.14. The average molecular weight is 285 g/mol. The second-order valence-corrected chi connectivity index (χ2v) is 4.69. The number of hydrogen-bond donors (Lipinski definition) is 2. The quantitative estimate of drug-likeness (QED) is 0.666. The first-order valence-corrected chi connectivity index (χ1v) is 6.04. The molecule has 0 saturated heterocycles. The molecule has 0 aliphatic heterocycles. The van der Waals surface area contributed by atoms with E-state index in [0.717, 1.165) is 5.56 Å². The lowest BCUT2D eigenvalue weighted by atomic mass is 9.99. The number of hydrazine groups is 1. The normalized spacial score (nSPS) is 12.4. The zero-order valence-corrected chi connectivity index (χ0v) is 10.8. The predicted octanol–water partition coefficient (Wildman–Crippen LogP) is 3.69. The Morgan fingerprint density at radius 2 is 1.61 bits per heavy atom. The zero-order chi connectivity index (χ0) is 13.1. The molecule has 94 valence electrons. The molecular formula is C13H11Cl2FN2. The van der Waals surface area contributed by atoms with Crippen LogP contribution in [0.15, 0.2) is 42.5 Å². The zero-order valence-electron chi connectivity index (χ0n) is 9.33. The molecule has 0 fully saturated rings. The third-order valence-electron chi connectivity index (χ3n) is 2.64. The Morgan fingerprint density at radius 3 is 2.22 bits per heavy atom. The monoisotopic (exact) mass is 284 g/mol. The number of rotatable bonds is 3. The van der Waals surface area contributed by atoms with Gasteiger partial charge in [-0.15, -0.1) is 0 Å². The summed E-state index contributed by atoms with van der Waals surface area (Å²) in [5, 5.41) is 1.07. The van der Waals surface area contributed by atoms with Gasteiger partial charge in [0.1, 0.15) is 5.82 Å². The molecule has 0 amide bonds. The number of benzene rings is 2. The van der Waals surface area contributed by atoms with Gasteiger partial charge in [-0.25, -0.2) is 9.82 Å². The molecule has 18 heavy (non-hydrogen) atoms. The first kappa shape index (κ1) is 13.3. The van der Waals surface area contributed by atoms with Gasteiger partial charge in [0.15, 0.2) is 0 Å². The van der Waals surface area contributed by atoms with Crippen LogP contribution in [0.1, 0.15) is 17.2 Å². The van der Waals surface area contributed by atoms with E-state index in [2.05, 4.69) is 5.43 Å². The molecule has 1 unspecified atom stereocenters. The van der Waals surface area contributed by atoms with Crippen molar-refractivity contribution in [3.05, 3.63) is 69.5 Å². The number of nitrogens with two attached hydrogens (primary N) is 1. The Bertz CT molecular complexity index is 543. The van der Waals surface area contributed by atoms with E-state index < -0.39 is 6.04 Å². The summed E-state index contributed by atoms with van der Waals surface area (Å²) in [6.07, 6.45) is 0. The van der Waals surface area contributed by atoms with Crippen molar-refractivity contribution in [3.8, 4) is 0 Å². The van der Waals surface area contributed by atoms with Crippen molar-refractivity contribution in [2.45, 2.75) is 6.04 Å². The summed E-state index contributed by atoms with van der Waals surface area (Å²) in [4.78, 5) is 0. The Morgan fingerprint density at radius 1 is 1.00 bits per heavy atom. The maximum Gasteiger partial charge on any atom is 0.128 e. The van der Waals surface area contributed by atoms with Crippen LogP contribution >= 0.6 is 23.2 Å². The van der Waals surface area contributed by atoms with E-state index >= 15 is 0 Å². The van der Waals surface area contributed by atoms with Crippen molar-refractivity contribution in [3.63, 3.8) is 0 Å². The van der Waals surface area contributed by atoms with Crippen LogP contribution in [-0.2, 0) is 0 Å². The lowest BCUT2D eigenvalue weighted by molar-refractivity contribution is 0.560. The molecule has 2 aromatic rings. The molecule has 0 aromatic heterocycles. The number of nitrogens with one attached hydrogen (secondary N) is 1. The minimum Gasteiger partial charge on any atom is -0.271 e. The van der Waals surface area contributed by atoms with Crippen LogP contribution in [0.25, 0.3) is 0 Å². The fourth-order valence-electron chi connectivity index (χ4n) is 1.76. The Balaban J connectivity index is 2.44. The lowest BCUT2D eigenvalue weighted by Crippen LogP contribution is -2.29. The lowest BCUT2D eigenvalue weighted by Gasteiger charge is -2.18. The SMILES string of the molecule is NNC(c1ccc(Cl)cc1)c1cc(Cl)ccc1F. The molecule has 2 rings (SSSR count). The van der Waals surface area contributed by atoms with Crippen molar-refractivity contribution in [2.24, 2.45) is 5.84 Å². The van der Waals surface area contributed by atoms with Crippen LogP contribution in [0.4, 0.5) is 4.39 Å². The average Bonchev–Trinajstić information content (AvgIpc) is 2.37. The van der Waals surface area contributed by atoms with Gasteiger partial charge in [0.2, 0.25) is 0 Å². The van der Waals surface area contributed by atoms with E-state index in [1.807, 2.05) is 0 Å². The van der Waals surface area contributed by atoms with Gasteiger partial charge >= 0.3 is 0 Å². The molecule has 3 N–H and O–H groups in total. The highest BCUT2D eigenvalue weighted by molar-refractivity contribution is 6.30. The minimum absolute atomic E-state index is 0.364. The topological polar surface area (TPSA) is 38.0 Å². The molecule has 0 aliphatic rings. The standard InChI is InChI=1S/C13H11Cl2FN2/c14-9-3-1-8(2-4-9)13(18-17)11-7-10(15)5-6-12(11)16/h1-7,13,18H,17H2. The van der Waals surface area contributed by atoms with Gasteiger partial charge in [0.05, 0.1) is 6.04 Å². The maximum absolute atomic E-state index is 13.8. The van der Waals surface area contributed by atoms with E-state index in [9.17, 15) is 4.39 Å². The van der Waals surface area contributed by atoms with Crippen molar-refractivity contribution in [1.82, 2.24) is 5.43 Å². The second kappa shape index (κ2) is 5.67. The molecule has 5 heteroatoms. The van der Waals surface area contributed by atoms with Crippen LogP contribution in [0.2, 0.25) is 10.0 Å². The maximum atomic E-state index is 13.8. The van der Waals surface area contributed by atoms with Gasteiger partial charge in [0, 0.05) is 15.6 Å². The second-order valence-electron chi connectivity index (χ2n) is 3.82. The fourth-order valence-corrected chi connectivity index (χ4v) is 2.06. The molecule has 1 atom stereocenters. The van der Waals surface area contributed by atoms with Crippen LogP contribution in [-0.4, -0.2) is 0 Å². The van der Waals surface area contributed by atoms with Crippen molar-refractivity contribution in [1.29, 1.82) is 0 Å².